The zero-order valence-corrected chi connectivity index (χ0v) is 8.52. The summed E-state index contributed by atoms with van der Waals surface area (Å²) in [6.07, 6.45) is 2.16. The minimum atomic E-state index is -0.218. The molecule has 0 heterocycles. The van der Waals surface area contributed by atoms with Crippen molar-refractivity contribution in [2.45, 2.75) is 26.3 Å². The molecule has 1 rings (SSSR count). The Morgan fingerprint density at radius 1 is 1.43 bits per heavy atom. The molecule has 1 aromatic rings. The number of hydrogen-bond acceptors (Lipinski definition) is 2. The van der Waals surface area contributed by atoms with Gasteiger partial charge in [-0.25, -0.2) is 4.39 Å². The van der Waals surface area contributed by atoms with Crippen molar-refractivity contribution in [1.29, 1.82) is 0 Å². The topological polar surface area (TPSA) is 38.0 Å². The van der Waals surface area contributed by atoms with Gasteiger partial charge in [0.25, 0.3) is 0 Å². The van der Waals surface area contributed by atoms with Crippen molar-refractivity contribution in [2.24, 2.45) is 5.73 Å². The predicted octanol–water partition coefficient (Wildman–Crippen LogP) is 2.50. The number of nitrogens with two attached hydrogens (primary N) is 1. The van der Waals surface area contributed by atoms with Gasteiger partial charge in [0.15, 0.2) is 0 Å². The van der Waals surface area contributed by atoms with Crippen LogP contribution in [0.4, 0.5) is 10.1 Å². The smallest absolute Gasteiger partial charge is 0.146 e. The van der Waals surface area contributed by atoms with Crippen LogP contribution in [0.3, 0.4) is 0 Å². The first-order chi connectivity index (χ1) is 6.77. The molecule has 2 nitrogen and oxygen atoms in total. The minimum absolute atomic E-state index is 0.218. The molecule has 0 unspecified atom stereocenters. The third kappa shape index (κ3) is 3.00. The van der Waals surface area contributed by atoms with Crippen LogP contribution in [0.25, 0.3) is 0 Å². The standard InChI is InChI=1S/C11H17FN2/c1-2-3-6-14-11-5-4-9(8-13)7-10(11)12/h4-5,7,14H,2-3,6,8,13H2,1H3. The van der Waals surface area contributed by atoms with Gasteiger partial charge in [0, 0.05) is 13.1 Å². The van der Waals surface area contributed by atoms with E-state index in [4.69, 9.17) is 5.73 Å². The SMILES string of the molecule is CCCCNc1ccc(CN)cc1F. The highest BCUT2D eigenvalue weighted by Gasteiger charge is 2.01. The van der Waals surface area contributed by atoms with Crippen LogP contribution in [0.1, 0.15) is 25.3 Å². The number of anilines is 1. The molecule has 0 saturated heterocycles. The van der Waals surface area contributed by atoms with Gasteiger partial charge in [0.05, 0.1) is 5.69 Å². The largest absolute Gasteiger partial charge is 0.383 e. The molecule has 1 aromatic carbocycles. The summed E-state index contributed by atoms with van der Waals surface area (Å²) in [5, 5.41) is 3.05. The normalized spacial score (nSPS) is 10.2. The Hall–Kier alpha value is -1.09. The third-order valence-electron chi connectivity index (χ3n) is 2.11. The van der Waals surface area contributed by atoms with Crippen molar-refractivity contribution in [3.05, 3.63) is 29.6 Å². The molecule has 0 fully saturated rings. The fraction of sp³-hybridized carbons (Fsp3) is 0.455. The summed E-state index contributed by atoms with van der Waals surface area (Å²) in [5.41, 5.74) is 6.79. The first-order valence-electron chi connectivity index (χ1n) is 5.00. The monoisotopic (exact) mass is 196 g/mol. The van der Waals surface area contributed by atoms with Crippen molar-refractivity contribution in [1.82, 2.24) is 0 Å². The number of rotatable bonds is 5. The van der Waals surface area contributed by atoms with Gasteiger partial charge in [-0.15, -0.1) is 0 Å². The quantitative estimate of drug-likeness (QED) is 0.710. The molecule has 0 aliphatic rings. The third-order valence-corrected chi connectivity index (χ3v) is 2.11. The first kappa shape index (κ1) is 11.0. The molecule has 0 aliphatic heterocycles. The lowest BCUT2D eigenvalue weighted by atomic mass is 10.2. The van der Waals surface area contributed by atoms with E-state index in [-0.39, 0.29) is 5.82 Å². The van der Waals surface area contributed by atoms with Gasteiger partial charge in [0.1, 0.15) is 5.82 Å². The van der Waals surface area contributed by atoms with Crippen LogP contribution >= 0.6 is 0 Å². The van der Waals surface area contributed by atoms with E-state index in [9.17, 15) is 4.39 Å². The van der Waals surface area contributed by atoms with Gasteiger partial charge in [-0.2, -0.15) is 0 Å². The lowest BCUT2D eigenvalue weighted by Crippen LogP contribution is -2.04. The van der Waals surface area contributed by atoms with Gasteiger partial charge >= 0.3 is 0 Å². The summed E-state index contributed by atoms with van der Waals surface area (Å²) in [5.74, 6) is -0.218. The Morgan fingerprint density at radius 3 is 2.79 bits per heavy atom. The van der Waals surface area contributed by atoms with Gasteiger partial charge in [-0.1, -0.05) is 19.4 Å². The summed E-state index contributed by atoms with van der Waals surface area (Å²) in [4.78, 5) is 0. The maximum Gasteiger partial charge on any atom is 0.146 e. The Balaban J connectivity index is 2.59. The van der Waals surface area contributed by atoms with Gasteiger partial charge in [-0.3, -0.25) is 0 Å². The summed E-state index contributed by atoms with van der Waals surface area (Å²) in [6.45, 7) is 3.30. The molecule has 14 heavy (non-hydrogen) atoms. The van der Waals surface area contributed by atoms with Crippen molar-refractivity contribution >= 4 is 5.69 Å². The number of halogens is 1. The van der Waals surface area contributed by atoms with Gasteiger partial charge < -0.3 is 11.1 Å². The molecule has 0 aliphatic carbocycles. The van der Waals surface area contributed by atoms with Crippen LogP contribution in [0.5, 0.6) is 0 Å². The molecule has 0 saturated carbocycles. The molecular formula is C11H17FN2. The molecule has 0 spiro atoms. The van der Waals surface area contributed by atoms with Crippen LogP contribution in [0.2, 0.25) is 0 Å². The first-order valence-corrected chi connectivity index (χ1v) is 5.00. The Morgan fingerprint density at radius 2 is 2.21 bits per heavy atom. The number of hydrogen-bond donors (Lipinski definition) is 2. The second kappa shape index (κ2) is 5.60. The summed E-state index contributed by atoms with van der Waals surface area (Å²) < 4.78 is 13.3. The molecular weight excluding hydrogens is 179 g/mol. The van der Waals surface area contributed by atoms with E-state index in [2.05, 4.69) is 12.2 Å². The van der Waals surface area contributed by atoms with Crippen LogP contribution in [-0.4, -0.2) is 6.54 Å². The summed E-state index contributed by atoms with van der Waals surface area (Å²) in [6, 6.07) is 5.07. The molecule has 0 aromatic heterocycles. The summed E-state index contributed by atoms with van der Waals surface area (Å²) >= 11 is 0. The fourth-order valence-electron chi connectivity index (χ4n) is 1.23. The minimum Gasteiger partial charge on any atom is -0.383 e. The van der Waals surface area contributed by atoms with Crippen molar-refractivity contribution in [2.75, 3.05) is 11.9 Å². The number of benzene rings is 1. The Kier molecular flexibility index (Phi) is 4.40. The molecule has 0 atom stereocenters. The van der Waals surface area contributed by atoms with E-state index in [0.29, 0.717) is 12.2 Å². The summed E-state index contributed by atoms with van der Waals surface area (Å²) in [7, 11) is 0. The van der Waals surface area contributed by atoms with E-state index >= 15 is 0 Å². The molecule has 0 amide bonds. The number of nitrogens with one attached hydrogen (secondary N) is 1. The fourth-order valence-corrected chi connectivity index (χ4v) is 1.23. The van der Waals surface area contributed by atoms with Crippen molar-refractivity contribution in [3.63, 3.8) is 0 Å². The van der Waals surface area contributed by atoms with Gasteiger partial charge in [-0.05, 0) is 24.1 Å². The van der Waals surface area contributed by atoms with Crippen LogP contribution in [-0.2, 0) is 6.54 Å². The van der Waals surface area contributed by atoms with E-state index < -0.39 is 0 Å². The predicted molar refractivity (Wildman–Crippen MR) is 57.7 cm³/mol. The lowest BCUT2D eigenvalue weighted by molar-refractivity contribution is 0.627. The highest BCUT2D eigenvalue weighted by Crippen LogP contribution is 2.15. The Labute approximate surface area is 84.3 Å². The van der Waals surface area contributed by atoms with Crippen LogP contribution < -0.4 is 11.1 Å². The Bertz CT molecular complexity index is 287. The second-order valence-corrected chi connectivity index (χ2v) is 3.30. The maximum atomic E-state index is 13.3. The molecule has 3 heteroatoms. The molecule has 0 radical (unpaired) electrons. The molecule has 0 bridgehead atoms. The lowest BCUT2D eigenvalue weighted by Gasteiger charge is -2.07. The highest BCUT2D eigenvalue weighted by atomic mass is 19.1. The van der Waals surface area contributed by atoms with E-state index in [1.807, 2.05) is 6.07 Å². The van der Waals surface area contributed by atoms with Crippen LogP contribution in [0, 0.1) is 5.82 Å². The molecule has 3 N–H and O–H groups in total. The maximum absolute atomic E-state index is 13.3. The number of unbranched alkanes of at least 4 members (excludes halogenated alkanes) is 1. The van der Waals surface area contributed by atoms with Crippen molar-refractivity contribution < 1.29 is 4.39 Å². The van der Waals surface area contributed by atoms with E-state index in [0.717, 1.165) is 24.9 Å². The average Bonchev–Trinajstić information content (AvgIpc) is 2.20. The van der Waals surface area contributed by atoms with E-state index in [1.165, 1.54) is 6.07 Å². The van der Waals surface area contributed by atoms with Gasteiger partial charge in [0.2, 0.25) is 0 Å². The zero-order valence-electron chi connectivity index (χ0n) is 8.52. The highest BCUT2D eigenvalue weighted by molar-refractivity contribution is 5.46. The molecule has 78 valence electrons. The second-order valence-electron chi connectivity index (χ2n) is 3.30. The average molecular weight is 196 g/mol. The van der Waals surface area contributed by atoms with Crippen molar-refractivity contribution in [3.8, 4) is 0 Å². The zero-order chi connectivity index (χ0) is 10.4. The van der Waals surface area contributed by atoms with Crippen LogP contribution in [0.15, 0.2) is 18.2 Å². The van der Waals surface area contributed by atoms with E-state index in [1.54, 1.807) is 6.07 Å².